The molecule has 0 radical (unpaired) electrons. The summed E-state index contributed by atoms with van der Waals surface area (Å²) in [6.45, 7) is 9.34. The van der Waals surface area contributed by atoms with E-state index < -0.39 is 0 Å². The molecule has 0 amide bonds. The third-order valence-corrected chi connectivity index (χ3v) is 5.01. The van der Waals surface area contributed by atoms with E-state index in [0.717, 1.165) is 44.2 Å². The summed E-state index contributed by atoms with van der Waals surface area (Å²) < 4.78 is 5.14. The molecule has 1 aromatic heterocycles. The molecule has 0 aliphatic carbocycles. The van der Waals surface area contributed by atoms with E-state index in [1.165, 1.54) is 29.7 Å². The van der Waals surface area contributed by atoms with E-state index >= 15 is 0 Å². The number of aromatic nitrogens is 2. The molecule has 0 atom stereocenters. The third kappa shape index (κ3) is 6.06. The number of hydrogen-bond donors (Lipinski definition) is 2. The first-order valence-corrected chi connectivity index (χ1v) is 9.52. The second-order valence-electron chi connectivity index (χ2n) is 6.75. The lowest BCUT2D eigenvalue weighted by atomic mass is 10.0. The van der Waals surface area contributed by atoms with Crippen LogP contribution in [0.1, 0.15) is 42.6 Å². The summed E-state index contributed by atoms with van der Waals surface area (Å²) >= 11 is 0. The van der Waals surface area contributed by atoms with Gasteiger partial charge in [0.25, 0.3) is 6.47 Å². The van der Waals surface area contributed by atoms with Gasteiger partial charge in [0.1, 0.15) is 0 Å². The van der Waals surface area contributed by atoms with E-state index in [2.05, 4.69) is 52.4 Å². The minimum absolute atomic E-state index is 0.250. The van der Waals surface area contributed by atoms with Gasteiger partial charge >= 0.3 is 0 Å². The van der Waals surface area contributed by atoms with Gasteiger partial charge in [0, 0.05) is 44.2 Å². The van der Waals surface area contributed by atoms with Crippen LogP contribution in [0.4, 0.5) is 5.69 Å². The summed E-state index contributed by atoms with van der Waals surface area (Å²) in [5, 5.41) is 14.5. The van der Waals surface area contributed by atoms with Crippen molar-refractivity contribution in [3.63, 3.8) is 0 Å². The van der Waals surface area contributed by atoms with E-state index in [9.17, 15) is 0 Å². The predicted octanol–water partition coefficient (Wildman–Crippen LogP) is 2.75. The van der Waals surface area contributed by atoms with Crippen molar-refractivity contribution >= 4 is 12.2 Å². The molecule has 148 valence electrons. The first-order valence-electron chi connectivity index (χ1n) is 9.52. The maximum atomic E-state index is 8.36. The van der Waals surface area contributed by atoms with Gasteiger partial charge in [-0.15, -0.1) is 0 Å². The van der Waals surface area contributed by atoms with Crippen molar-refractivity contribution in [3.05, 3.63) is 41.0 Å². The van der Waals surface area contributed by atoms with Crippen molar-refractivity contribution in [2.75, 3.05) is 24.5 Å². The number of nitrogens with one attached hydrogen (secondary N) is 1. The molecule has 1 aliphatic rings. The molecule has 27 heavy (non-hydrogen) atoms. The molecular weight excluding hydrogens is 344 g/mol. The van der Waals surface area contributed by atoms with Gasteiger partial charge in [0.15, 0.2) is 5.82 Å². The summed E-state index contributed by atoms with van der Waals surface area (Å²) in [6, 6.07) is 7.19. The van der Waals surface area contributed by atoms with E-state index in [4.69, 9.17) is 14.4 Å². The zero-order valence-corrected chi connectivity index (χ0v) is 16.4. The van der Waals surface area contributed by atoms with Gasteiger partial charge in [-0.3, -0.25) is 4.79 Å². The number of anilines is 1. The van der Waals surface area contributed by atoms with Gasteiger partial charge < -0.3 is 19.8 Å². The maximum Gasteiger partial charge on any atom is 0.290 e. The van der Waals surface area contributed by atoms with Crippen LogP contribution in [-0.2, 0) is 17.6 Å². The second-order valence-corrected chi connectivity index (χ2v) is 6.75. The van der Waals surface area contributed by atoms with Crippen molar-refractivity contribution in [1.29, 1.82) is 0 Å². The lowest BCUT2D eigenvalue weighted by Crippen LogP contribution is -2.43. The van der Waals surface area contributed by atoms with Crippen molar-refractivity contribution < 1.29 is 14.4 Å². The predicted molar refractivity (Wildman–Crippen MR) is 105 cm³/mol. The maximum absolute atomic E-state index is 8.36. The molecule has 1 aromatic carbocycles. The van der Waals surface area contributed by atoms with Gasteiger partial charge in [0.05, 0.1) is 0 Å². The number of benzene rings is 1. The second kappa shape index (κ2) is 10.7. The average molecular weight is 374 g/mol. The monoisotopic (exact) mass is 374 g/mol. The van der Waals surface area contributed by atoms with Gasteiger partial charge in [-0.05, 0) is 43.9 Å². The van der Waals surface area contributed by atoms with Crippen molar-refractivity contribution in [1.82, 2.24) is 15.5 Å². The van der Waals surface area contributed by atoms with Crippen LogP contribution in [0.5, 0.6) is 0 Å². The van der Waals surface area contributed by atoms with Gasteiger partial charge in [-0.25, -0.2) is 0 Å². The number of hydrogen-bond acceptors (Lipinski definition) is 6. The Morgan fingerprint density at radius 2 is 2.04 bits per heavy atom. The fraction of sp³-hybridized carbons (Fsp3) is 0.550. The van der Waals surface area contributed by atoms with Crippen LogP contribution in [0.25, 0.3) is 0 Å². The molecule has 2 aromatic rings. The molecule has 0 bridgehead atoms. The molecule has 7 nitrogen and oxygen atoms in total. The molecule has 2 heterocycles. The molecular formula is C20H30N4O3. The molecule has 0 unspecified atom stereocenters. The molecule has 1 saturated heterocycles. The normalized spacial score (nSPS) is 14.6. The minimum Gasteiger partial charge on any atom is -0.483 e. The molecule has 3 rings (SSSR count). The number of carboxylic acid groups (broad SMARTS) is 1. The zero-order chi connectivity index (χ0) is 19.6. The Morgan fingerprint density at radius 1 is 1.33 bits per heavy atom. The summed E-state index contributed by atoms with van der Waals surface area (Å²) in [6.07, 6.45) is 4.00. The molecule has 7 heteroatoms. The van der Waals surface area contributed by atoms with Crippen LogP contribution in [-0.4, -0.2) is 47.4 Å². The Kier molecular flexibility index (Phi) is 8.26. The summed E-state index contributed by atoms with van der Waals surface area (Å²) in [5.74, 6) is 1.54. The van der Waals surface area contributed by atoms with Crippen LogP contribution < -0.4 is 10.2 Å². The Labute approximate surface area is 160 Å². The topological polar surface area (TPSA) is 91.5 Å². The minimum atomic E-state index is -0.250. The number of nitrogens with zero attached hydrogens (tertiary/aromatic N) is 3. The molecule has 2 N–H and O–H groups in total. The van der Waals surface area contributed by atoms with Crippen molar-refractivity contribution in [2.24, 2.45) is 0 Å². The summed E-state index contributed by atoms with van der Waals surface area (Å²) in [5.41, 5.74) is 4.18. The lowest BCUT2D eigenvalue weighted by Gasteiger charge is -2.35. The first-order chi connectivity index (χ1) is 13.1. The lowest BCUT2D eigenvalue weighted by molar-refractivity contribution is -0.122. The van der Waals surface area contributed by atoms with Crippen molar-refractivity contribution in [2.45, 2.75) is 52.5 Å². The number of rotatable bonds is 6. The average Bonchev–Trinajstić information content (AvgIpc) is 3.13. The third-order valence-electron chi connectivity index (χ3n) is 5.01. The molecule has 0 saturated carbocycles. The first kappa shape index (κ1) is 20.9. The highest BCUT2D eigenvalue weighted by molar-refractivity contribution is 5.56. The Balaban J connectivity index is 0.000000817. The fourth-order valence-corrected chi connectivity index (χ4v) is 3.33. The SMILES string of the molecule is CCc1nc(CCNC2CCN(c3cccc(C)c3C)CC2)no1.O=CO. The van der Waals surface area contributed by atoms with Gasteiger partial charge in [-0.1, -0.05) is 24.2 Å². The molecule has 0 spiro atoms. The highest BCUT2D eigenvalue weighted by Gasteiger charge is 2.20. The van der Waals surface area contributed by atoms with Crippen LogP contribution in [0.2, 0.25) is 0 Å². The quantitative estimate of drug-likeness (QED) is 0.751. The summed E-state index contributed by atoms with van der Waals surface area (Å²) in [4.78, 5) is 15.2. The van der Waals surface area contributed by atoms with Gasteiger partial charge in [-0.2, -0.15) is 4.98 Å². The summed E-state index contributed by atoms with van der Waals surface area (Å²) in [7, 11) is 0. The fourth-order valence-electron chi connectivity index (χ4n) is 3.33. The van der Waals surface area contributed by atoms with Crippen molar-refractivity contribution in [3.8, 4) is 0 Å². The number of piperidine rings is 1. The highest BCUT2D eigenvalue weighted by atomic mass is 16.5. The van der Waals surface area contributed by atoms with Crippen LogP contribution in [0.15, 0.2) is 22.7 Å². The van der Waals surface area contributed by atoms with Gasteiger partial charge in [0.2, 0.25) is 5.89 Å². The highest BCUT2D eigenvalue weighted by Crippen LogP contribution is 2.25. The Bertz CT molecular complexity index is 709. The molecule has 1 fully saturated rings. The van der Waals surface area contributed by atoms with Crippen LogP contribution in [0, 0.1) is 13.8 Å². The van der Waals surface area contributed by atoms with Crippen LogP contribution in [0.3, 0.4) is 0 Å². The standard InChI is InChI=1S/C19H28N4O.CH2O2/c1-4-19-21-18(22-24-19)8-11-20-16-9-12-23(13-10-16)17-7-5-6-14(2)15(17)3;2-1-3/h5-7,16,20H,4,8-13H2,1-3H3;1H,(H,2,3). The molecule has 1 aliphatic heterocycles. The van der Waals surface area contributed by atoms with E-state index in [1.54, 1.807) is 0 Å². The van der Waals surface area contributed by atoms with E-state index in [-0.39, 0.29) is 6.47 Å². The zero-order valence-electron chi connectivity index (χ0n) is 16.4. The largest absolute Gasteiger partial charge is 0.483 e. The number of carbonyl (C=O) groups is 1. The van der Waals surface area contributed by atoms with E-state index in [1.807, 2.05) is 6.92 Å². The number of aryl methyl sites for hydroxylation is 2. The Hall–Kier alpha value is -2.41. The Morgan fingerprint density at radius 3 is 2.67 bits per heavy atom. The van der Waals surface area contributed by atoms with E-state index in [0.29, 0.717) is 6.04 Å². The van der Waals surface area contributed by atoms with Crippen LogP contribution >= 0.6 is 0 Å². The smallest absolute Gasteiger partial charge is 0.290 e.